The number of aliphatic hydroxyl groups is 1. The fourth-order valence-electron chi connectivity index (χ4n) is 6.61. The summed E-state index contributed by atoms with van der Waals surface area (Å²) < 4.78 is 5.07. The van der Waals surface area contributed by atoms with Crippen molar-refractivity contribution in [2.24, 2.45) is 34.5 Å². The van der Waals surface area contributed by atoms with Crippen LogP contribution in [-0.2, 0) is 14.3 Å². The van der Waals surface area contributed by atoms with Gasteiger partial charge in [-0.2, -0.15) is 0 Å². The highest BCUT2D eigenvalue weighted by molar-refractivity contribution is 5.78. The summed E-state index contributed by atoms with van der Waals surface area (Å²) in [5.74, 6) is -0.0341. The van der Waals surface area contributed by atoms with Crippen LogP contribution in [0.25, 0.3) is 0 Å². The summed E-state index contributed by atoms with van der Waals surface area (Å²) in [5.41, 5.74) is -0.540. The van der Waals surface area contributed by atoms with E-state index in [9.17, 15) is 19.8 Å². The maximum absolute atomic E-state index is 12.5. The summed E-state index contributed by atoms with van der Waals surface area (Å²) in [7, 11) is 1.40. The first-order valence-corrected chi connectivity index (χ1v) is 9.70. The molecule has 5 heteroatoms. The summed E-state index contributed by atoms with van der Waals surface area (Å²) >= 11 is 0. The molecular weight excluding hydrogens is 320 g/mol. The Morgan fingerprint density at radius 3 is 2.48 bits per heavy atom. The Kier molecular flexibility index (Phi) is 4.91. The molecule has 0 saturated heterocycles. The van der Waals surface area contributed by atoms with Gasteiger partial charge in [-0.3, -0.25) is 9.59 Å². The minimum atomic E-state index is -0.827. The Morgan fingerprint density at radius 1 is 1.12 bits per heavy atom. The number of hydrogen-bond acceptors (Lipinski definition) is 4. The fraction of sp³-hybridized carbons (Fsp3) is 0.900. The second-order valence-electron chi connectivity index (χ2n) is 9.13. The molecule has 7 atom stereocenters. The monoisotopic (exact) mass is 352 g/mol. The SMILES string of the molecule is COC(=O)[C@@]1(C)CC[C@H]2[C@@H](CC[C@H]3C[C@@H](O)CC[C@@]32C)[C@@H]1CC(=O)O. The summed E-state index contributed by atoms with van der Waals surface area (Å²) in [5, 5.41) is 19.6. The Labute approximate surface area is 150 Å². The molecule has 3 aliphatic carbocycles. The molecule has 5 nitrogen and oxygen atoms in total. The number of aliphatic hydroxyl groups excluding tert-OH is 1. The maximum atomic E-state index is 12.5. The Bertz CT molecular complexity index is 546. The van der Waals surface area contributed by atoms with Crippen LogP contribution in [0, 0.1) is 34.5 Å². The summed E-state index contributed by atoms with van der Waals surface area (Å²) in [6.07, 6.45) is 6.22. The van der Waals surface area contributed by atoms with Crippen LogP contribution in [0.2, 0.25) is 0 Å². The number of carboxylic acid groups (broad SMARTS) is 1. The van der Waals surface area contributed by atoms with E-state index in [0.717, 1.165) is 38.5 Å². The number of rotatable bonds is 3. The van der Waals surface area contributed by atoms with Gasteiger partial charge in [-0.25, -0.2) is 0 Å². The molecule has 0 aromatic heterocycles. The van der Waals surface area contributed by atoms with Crippen LogP contribution in [0.15, 0.2) is 0 Å². The zero-order chi connectivity index (χ0) is 18.4. The lowest BCUT2D eigenvalue weighted by atomic mass is 9.44. The average Bonchev–Trinajstić information content (AvgIpc) is 2.56. The van der Waals surface area contributed by atoms with Crippen molar-refractivity contribution in [3.8, 4) is 0 Å². The largest absolute Gasteiger partial charge is 0.481 e. The van der Waals surface area contributed by atoms with Crippen LogP contribution >= 0.6 is 0 Å². The lowest BCUT2D eigenvalue weighted by Crippen LogP contribution is -2.56. The van der Waals surface area contributed by atoms with Crippen molar-refractivity contribution >= 4 is 11.9 Å². The molecule has 0 unspecified atom stereocenters. The summed E-state index contributed by atoms with van der Waals surface area (Å²) in [6.45, 7) is 4.25. The zero-order valence-electron chi connectivity index (χ0n) is 15.7. The van der Waals surface area contributed by atoms with Gasteiger partial charge in [0, 0.05) is 6.42 Å². The standard InChI is InChI=1S/C20H32O5/c1-19-8-6-13(21)10-12(19)4-5-14-15(19)7-9-20(2,18(24)25-3)16(14)11-17(22)23/h12-16,21H,4-11H2,1-3H3,(H,22,23)/t12-,13-,14+,15-,16-,19-,20-/m0/s1. The van der Waals surface area contributed by atoms with Gasteiger partial charge in [0.2, 0.25) is 0 Å². The van der Waals surface area contributed by atoms with Crippen molar-refractivity contribution in [3.63, 3.8) is 0 Å². The second kappa shape index (κ2) is 6.57. The molecule has 0 amide bonds. The number of carboxylic acids is 1. The lowest BCUT2D eigenvalue weighted by Gasteiger charge is -2.60. The number of aliphatic carboxylic acids is 1. The maximum Gasteiger partial charge on any atom is 0.311 e. The minimum absolute atomic E-state index is 0.0378. The molecule has 3 fully saturated rings. The topological polar surface area (TPSA) is 83.8 Å². The first-order valence-electron chi connectivity index (χ1n) is 9.70. The fourth-order valence-corrected chi connectivity index (χ4v) is 6.61. The predicted molar refractivity (Wildman–Crippen MR) is 92.8 cm³/mol. The van der Waals surface area contributed by atoms with E-state index in [-0.39, 0.29) is 35.7 Å². The molecule has 0 aliphatic heterocycles. The van der Waals surface area contributed by atoms with Gasteiger partial charge < -0.3 is 14.9 Å². The Hall–Kier alpha value is -1.10. The highest BCUT2D eigenvalue weighted by Crippen LogP contribution is 2.63. The van der Waals surface area contributed by atoms with E-state index in [1.807, 2.05) is 6.92 Å². The average molecular weight is 352 g/mol. The number of ether oxygens (including phenoxy) is 1. The quantitative estimate of drug-likeness (QED) is 0.762. The molecule has 142 valence electrons. The third-order valence-corrected chi connectivity index (χ3v) is 8.07. The molecule has 0 radical (unpaired) electrons. The van der Waals surface area contributed by atoms with Crippen molar-refractivity contribution in [3.05, 3.63) is 0 Å². The van der Waals surface area contributed by atoms with Crippen LogP contribution in [0.4, 0.5) is 0 Å². The summed E-state index contributed by atoms with van der Waals surface area (Å²) in [4.78, 5) is 24.1. The number of esters is 1. The Balaban J connectivity index is 1.92. The van der Waals surface area contributed by atoms with Crippen molar-refractivity contribution in [2.45, 2.75) is 71.3 Å². The third kappa shape index (κ3) is 2.98. The van der Waals surface area contributed by atoms with Gasteiger partial charge in [0.15, 0.2) is 0 Å². The first-order chi connectivity index (χ1) is 11.7. The van der Waals surface area contributed by atoms with Gasteiger partial charge in [-0.05, 0) is 81.0 Å². The van der Waals surface area contributed by atoms with Gasteiger partial charge in [-0.15, -0.1) is 0 Å². The van der Waals surface area contributed by atoms with E-state index in [1.54, 1.807) is 0 Å². The molecule has 0 aromatic carbocycles. The molecule has 3 saturated carbocycles. The Morgan fingerprint density at radius 2 is 1.84 bits per heavy atom. The van der Waals surface area contributed by atoms with Crippen LogP contribution in [0.5, 0.6) is 0 Å². The van der Waals surface area contributed by atoms with Crippen LogP contribution in [0.1, 0.15) is 65.2 Å². The number of carbonyl (C=O) groups excluding carboxylic acids is 1. The van der Waals surface area contributed by atoms with Crippen LogP contribution < -0.4 is 0 Å². The van der Waals surface area contributed by atoms with Crippen molar-refractivity contribution in [2.75, 3.05) is 7.11 Å². The summed E-state index contributed by atoms with van der Waals surface area (Å²) in [6, 6.07) is 0. The van der Waals surface area contributed by atoms with Crippen molar-refractivity contribution < 1.29 is 24.5 Å². The molecule has 25 heavy (non-hydrogen) atoms. The highest BCUT2D eigenvalue weighted by atomic mass is 16.5. The number of methoxy groups -OCH3 is 1. The smallest absolute Gasteiger partial charge is 0.311 e. The first kappa shape index (κ1) is 18.7. The number of fused-ring (bicyclic) bond motifs is 3. The van der Waals surface area contributed by atoms with Gasteiger partial charge in [0.05, 0.1) is 18.6 Å². The van der Waals surface area contributed by atoms with E-state index < -0.39 is 11.4 Å². The molecule has 0 spiro atoms. The van der Waals surface area contributed by atoms with Gasteiger partial charge in [0.25, 0.3) is 0 Å². The number of carbonyl (C=O) groups is 2. The predicted octanol–water partition coefficient (Wildman–Crippen LogP) is 3.24. The number of hydrogen-bond donors (Lipinski definition) is 2. The molecule has 0 heterocycles. The van der Waals surface area contributed by atoms with Crippen molar-refractivity contribution in [1.82, 2.24) is 0 Å². The van der Waals surface area contributed by atoms with Gasteiger partial charge in [-0.1, -0.05) is 6.92 Å². The molecule has 3 aliphatic rings. The van der Waals surface area contributed by atoms with Crippen molar-refractivity contribution in [1.29, 1.82) is 0 Å². The van der Waals surface area contributed by atoms with Gasteiger partial charge >= 0.3 is 11.9 Å². The molecule has 0 bridgehead atoms. The van der Waals surface area contributed by atoms with Crippen LogP contribution in [-0.4, -0.2) is 35.4 Å². The lowest BCUT2D eigenvalue weighted by molar-refractivity contribution is -0.175. The van der Waals surface area contributed by atoms with E-state index in [1.165, 1.54) is 7.11 Å². The molecular formula is C20H32O5. The van der Waals surface area contributed by atoms with E-state index in [0.29, 0.717) is 18.3 Å². The van der Waals surface area contributed by atoms with E-state index in [4.69, 9.17) is 4.74 Å². The molecule has 2 N–H and O–H groups in total. The minimum Gasteiger partial charge on any atom is -0.481 e. The van der Waals surface area contributed by atoms with Crippen LogP contribution in [0.3, 0.4) is 0 Å². The second-order valence-corrected chi connectivity index (χ2v) is 9.13. The van der Waals surface area contributed by atoms with Gasteiger partial charge in [0.1, 0.15) is 0 Å². The zero-order valence-corrected chi connectivity index (χ0v) is 15.7. The van der Waals surface area contributed by atoms with E-state index >= 15 is 0 Å². The third-order valence-electron chi connectivity index (χ3n) is 8.07. The molecule has 0 aromatic rings. The molecule has 3 rings (SSSR count). The van der Waals surface area contributed by atoms with E-state index in [2.05, 4.69) is 6.92 Å². The highest BCUT2D eigenvalue weighted by Gasteiger charge is 2.59. The normalized spacial score (nSPS) is 46.6.